The summed E-state index contributed by atoms with van der Waals surface area (Å²) in [6, 6.07) is 6.31. The van der Waals surface area contributed by atoms with Gasteiger partial charge in [0.25, 0.3) is 0 Å². The standard InChI is InChI=1S/C10H9O.3CH3.Sn/c1-7-6-8-4-2-3-5-9(8)10(7)11;;;;/h2-3,5,7H,6H2,1H3;3*1H3;. The number of Topliss-reactive ketones (excluding diaryl/α,β-unsaturated/α-hetero) is 1. The Kier molecular flexibility index (Phi) is 2.70. The van der Waals surface area contributed by atoms with Crippen molar-refractivity contribution in [1.82, 2.24) is 0 Å². The molecule has 80 valence electrons. The number of carbonyl (C=O) groups is 1. The Hall–Kier alpha value is -0.311. The fraction of sp³-hybridized carbons (Fsp3) is 0.462. The summed E-state index contributed by atoms with van der Waals surface area (Å²) in [5.41, 5.74) is 2.38. The number of fused-ring (bicyclic) bond motifs is 1. The van der Waals surface area contributed by atoms with E-state index in [2.05, 4.69) is 27.0 Å². The number of hydrogen-bond acceptors (Lipinski definition) is 1. The molecule has 1 nitrogen and oxygen atoms in total. The molecule has 0 saturated heterocycles. The molecule has 0 radical (unpaired) electrons. The number of rotatable bonds is 1. The molecule has 0 fully saturated rings. The summed E-state index contributed by atoms with van der Waals surface area (Å²) in [6.45, 7) is 2.05. The second kappa shape index (κ2) is 3.62. The van der Waals surface area contributed by atoms with Crippen LogP contribution in [0.3, 0.4) is 0 Å². The van der Waals surface area contributed by atoms with Gasteiger partial charge in [-0.2, -0.15) is 0 Å². The third-order valence-corrected chi connectivity index (χ3v) is 9.16. The Morgan fingerprint density at radius 2 is 1.93 bits per heavy atom. The van der Waals surface area contributed by atoms with Gasteiger partial charge in [0.15, 0.2) is 0 Å². The summed E-state index contributed by atoms with van der Waals surface area (Å²) in [5, 5.41) is 0. The van der Waals surface area contributed by atoms with E-state index >= 15 is 0 Å². The van der Waals surface area contributed by atoms with E-state index in [0.29, 0.717) is 5.78 Å². The molecule has 15 heavy (non-hydrogen) atoms. The average molecular weight is 309 g/mol. The molecule has 0 aromatic heterocycles. The monoisotopic (exact) mass is 310 g/mol. The van der Waals surface area contributed by atoms with Gasteiger partial charge >= 0.3 is 95.9 Å². The van der Waals surface area contributed by atoms with Crippen molar-refractivity contribution in [3.8, 4) is 0 Å². The van der Waals surface area contributed by atoms with E-state index in [4.69, 9.17) is 0 Å². The normalized spacial score (nSPS) is 20.5. The third kappa shape index (κ3) is 1.86. The minimum atomic E-state index is -2.04. The van der Waals surface area contributed by atoms with Crippen LogP contribution in [0.15, 0.2) is 18.2 Å². The van der Waals surface area contributed by atoms with Gasteiger partial charge in [-0.05, 0) is 0 Å². The Morgan fingerprint density at radius 3 is 2.53 bits per heavy atom. The summed E-state index contributed by atoms with van der Waals surface area (Å²) in [5.74, 6) is 0.553. The van der Waals surface area contributed by atoms with E-state index in [1.165, 1.54) is 5.56 Å². The van der Waals surface area contributed by atoms with E-state index in [1.54, 1.807) is 3.58 Å². The van der Waals surface area contributed by atoms with Crippen LogP contribution in [0, 0.1) is 5.92 Å². The number of carbonyl (C=O) groups excluding carboxylic acids is 1. The van der Waals surface area contributed by atoms with Crippen molar-refractivity contribution in [2.24, 2.45) is 5.92 Å². The first-order chi connectivity index (χ1) is 6.91. The molecule has 0 amide bonds. The van der Waals surface area contributed by atoms with Crippen LogP contribution in [0.5, 0.6) is 0 Å². The number of hydrogen-bond donors (Lipinski definition) is 0. The van der Waals surface area contributed by atoms with Gasteiger partial charge < -0.3 is 0 Å². The molecule has 0 aliphatic heterocycles. The molecule has 2 rings (SSSR count). The Balaban J connectivity index is 2.60. The molecule has 0 saturated carbocycles. The summed E-state index contributed by atoms with van der Waals surface area (Å²) in [6.07, 6.45) is 0.971. The van der Waals surface area contributed by atoms with E-state index in [0.717, 1.165) is 12.0 Å². The summed E-state index contributed by atoms with van der Waals surface area (Å²) < 4.78 is 1.54. The first-order valence-electron chi connectivity index (χ1n) is 5.58. The molecule has 1 aliphatic carbocycles. The van der Waals surface area contributed by atoms with Crippen LogP contribution in [0.1, 0.15) is 22.8 Å². The molecule has 1 unspecified atom stereocenters. The Bertz CT molecular complexity index is 415. The van der Waals surface area contributed by atoms with Crippen LogP contribution >= 0.6 is 0 Å². The number of ketones is 1. The Labute approximate surface area is 95.8 Å². The van der Waals surface area contributed by atoms with Crippen LogP contribution in [-0.4, -0.2) is 24.2 Å². The van der Waals surface area contributed by atoms with Crippen LogP contribution < -0.4 is 3.58 Å². The molecular weight excluding hydrogens is 291 g/mol. The first-order valence-corrected chi connectivity index (χ1v) is 15.6. The zero-order valence-electron chi connectivity index (χ0n) is 9.92. The average Bonchev–Trinajstić information content (AvgIpc) is 2.41. The van der Waals surface area contributed by atoms with Crippen molar-refractivity contribution < 1.29 is 4.79 Å². The predicted molar refractivity (Wildman–Crippen MR) is 66.6 cm³/mol. The predicted octanol–water partition coefficient (Wildman–Crippen LogP) is 2.61. The van der Waals surface area contributed by atoms with Crippen LogP contribution in [0.4, 0.5) is 0 Å². The van der Waals surface area contributed by atoms with Crippen LogP contribution in [0.25, 0.3) is 0 Å². The molecule has 0 N–H and O–H groups in total. The maximum atomic E-state index is 11.9. The zero-order chi connectivity index (χ0) is 11.2. The van der Waals surface area contributed by atoms with Gasteiger partial charge in [-0.15, -0.1) is 0 Å². The number of benzene rings is 1. The van der Waals surface area contributed by atoms with Crippen molar-refractivity contribution in [2.75, 3.05) is 0 Å². The Morgan fingerprint density at radius 1 is 1.27 bits per heavy atom. The topological polar surface area (TPSA) is 17.1 Å². The summed E-state index contributed by atoms with van der Waals surface area (Å²) in [7, 11) is 0. The van der Waals surface area contributed by atoms with Crippen LogP contribution in [0.2, 0.25) is 14.8 Å². The van der Waals surface area contributed by atoms with Gasteiger partial charge in [-0.3, -0.25) is 0 Å². The van der Waals surface area contributed by atoms with Crippen molar-refractivity contribution in [3.63, 3.8) is 0 Å². The van der Waals surface area contributed by atoms with Gasteiger partial charge in [0.2, 0.25) is 0 Å². The van der Waals surface area contributed by atoms with Gasteiger partial charge in [0, 0.05) is 0 Å². The molecule has 1 aliphatic rings. The molecule has 1 aromatic rings. The van der Waals surface area contributed by atoms with Gasteiger partial charge in [0.05, 0.1) is 0 Å². The minimum absolute atomic E-state index is 0.204. The molecule has 0 bridgehead atoms. The second-order valence-electron chi connectivity index (χ2n) is 5.55. The van der Waals surface area contributed by atoms with Crippen molar-refractivity contribution in [3.05, 3.63) is 29.3 Å². The molecule has 0 heterocycles. The van der Waals surface area contributed by atoms with Gasteiger partial charge in [0.1, 0.15) is 0 Å². The van der Waals surface area contributed by atoms with E-state index < -0.39 is 18.4 Å². The summed E-state index contributed by atoms with van der Waals surface area (Å²) >= 11 is -2.04. The fourth-order valence-electron chi connectivity index (χ4n) is 2.40. The van der Waals surface area contributed by atoms with Gasteiger partial charge in [-0.25, -0.2) is 0 Å². The summed E-state index contributed by atoms with van der Waals surface area (Å²) in [4.78, 5) is 19.1. The SMILES string of the molecule is CC1Cc2c(ccc[c]2[Sn]([CH3])([CH3])[CH3])C1=O. The molecule has 0 spiro atoms. The third-order valence-electron chi connectivity index (χ3n) is 3.21. The zero-order valence-corrected chi connectivity index (χ0v) is 12.8. The van der Waals surface area contributed by atoms with E-state index in [1.807, 2.05) is 13.0 Å². The molecule has 1 aromatic carbocycles. The quantitative estimate of drug-likeness (QED) is 0.729. The van der Waals surface area contributed by atoms with Crippen molar-refractivity contribution in [2.45, 2.75) is 28.2 Å². The van der Waals surface area contributed by atoms with Crippen molar-refractivity contribution in [1.29, 1.82) is 0 Å². The van der Waals surface area contributed by atoms with E-state index in [-0.39, 0.29) is 5.92 Å². The van der Waals surface area contributed by atoms with Gasteiger partial charge in [-0.1, -0.05) is 0 Å². The van der Waals surface area contributed by atoms with E-state index in [9.17, 15) is 4.79 Å². The van der Waals surface area contributed by atoms with Crippen LogP contribution in [-0.2, 0) is 6.42 Å². The fourth-order valence-corrected chi connectivity index (χ4v) is 7.37. The first kappa shape index (κ1) is 11.2. The molecule has 1 atom stereocenters. The molecular formula is C13H18OSn. The van der Waals surface area contributed by atoms with Crippen molar-refractivity contribution >= 4 is 27.7 Å². The second-order valence-corrected chi connectivity index (χ2v) is 19.9. The maximum absolute atomic E-state index is 11.9. The molecule has 2 heteroatoms.